The highest BCUT2D eigenvalue weighted by molar-refractivity contribution is 5.64. The second-order valence-corrected chi connectivity index (χ2v) is 4.79. The summed E-state index contributed by atoms with van der Waals surface area (Å²) in [4.78, 5) is 4.31. The predicted octanol–water partition coefficient (Wildman–Crippen LogP) is 2.83. The molecule has 0 spiro atoms. The van der Waals surface area contributed by atoms with Crippen LogP contribution in [0, 0.1) is 6.92 Å². The molecule has 0 saturated heterocycles. The smallest absolute Gasteiger partial charge is 0.155 e. The molecule has 0 amide bonds. The molecule has 0 bridgehead atoms. The van der Waals surface area contributed by atoms with E-state index in [1.807, 2.05) is 49.4 Å². The number of nitrogens with zero attached hydrogens (tertiary/aromatic N) is 3. The number of hydrogen-bond donors (Lipinski definition) is 1. The fraction of sp³-hybridized carbons (Fsp3) is 0.125. The molecule has 0 fully saturated rings. The zero-order chi connectivity index (χ0) is 14.8. The molecule has 5 nitrogen and oxygen atoms in total. The first-order chi connectivity index (χ1) is 10.2. The predicted molar refractivity (Wildman–Crippen MR) is 82.5 cm³/mol. The molecule has 2 aromatic heterocycles. The summed E-state index contributed by atoms with van der Waals surface area (Å²) < 4.78 is 6.80. The highest BCUT2D eigenvalue weighted by atomic mass is 16.5. The zero-order valence-corrected chi connectivity index (χ0v) is 11.9. The van der Waals surface area contributed by atoms with E-state index < -0.39 is 0 Å². The summed E-state index contributed by atoms with van der Waals surface area (Å²) in [6, 6.07) is 13.4. The van der Waals surface area contributed by atoms with E-state index in [9.17, 15) is 0 Å². The highest BCUT2D eigenvalue weighted by Gasteiger charge is 2.10. The molecule has 2 heterocycles. The lowest BCUT2D eigenvalue weighted by Crippen LogP contribution is -2.03. The van der Waals surface area contributed by atoms with E-state index in [4.69, 9.17) is 10.5 Å². The molecule has 0 aliphatic rings. The van der Waals surface area contributed by atoms with Crippen molar-refractivity contribution in [2.45, 2.75) is 6.92 Å². The fourth-order valence-corrected chi connectivity index (χ4v) is 2.12. The Balaban J connectivity index is 2.00. The molecular weight excluding hydrogens is 264 g/mol. The van der Waals surface area contributed by atoms with E-state index in [-0.39, 0.29) is 0 Å². The van der Waals surface area contributed by atoms with Crippen LogP contribution in [0.25, 0.3) is 17.1 Å². The van der Waals surface area contributed by atoms with Gasteiger partial charge in [0.25, 0.3) is 0 Å². The molecule has 3 rings (SSSR count). The third-order valence-corrected chi connectivity index (χ3v) is 3.24. The normalized spacial score (nSPS) is 10.6. The van der Waals surface area contributed by atoms with Gasteiger partial charge in [-0.2, -0.15) is 9.78 Å². The Morgan fingerprint density at radius 2 is 1.86 bits per heavy atom. The van der Waals surface area contributed by atoms with Gasteiger partial charge >= 0.3 is 0 Å². The number of anilines is 1. The lowest BCUT2D eigenvalue weighted by Gasteiger charge is -2.03. The maximum absolute atomic E-state index is 6.05. The second-order valence-electron chi connectivity index (χ2n) is 4.79. The first-order valence-corrected chi connectivity index (χ1v) is 6.60. The molecule has 0 unspecified atom stereocenters. The van der Waals surface area contributed by atoms with Crippen LogP contribution in [0.5, 0.6) is 5.75 Å². The van der Waals surface area contributed by atoms with E-state index in [0.29, 0.717) is 11.6 Å². The Morgan fingerprint density at radius 3 is 2.52 bits per heavy atom. The van der Waals surface area contributed by atoms with Crippen molar-refractivity contribution in [3.63, 3.8) is 0 Å². The van der Waals surface area contributed by atoms with Crippen LogP contribution in [0.4, 0.5) is 5.82 Å². The van der Waals surface area contributed by atoms with E-state index in [1.54, 1.807) is 18.0 Å². The number of nitrogens with two attached hydrogens (primary N) is 1. The van der Waals surface area contributed by atoms with Crippen molar-refractivity contribution in [3.8, 4) is 22.8 Å². The van der Waals surface area contributed by atoms with Crippen molar-refractivity contribution < 1.29 is 4.74 Å². The van der Waals surface area contributed by atoms with E-state index in [2.05, 4.69) is 10.1 Å². The summed E-state index contributed by atoms with van der Waals surface area (Å²) in [5.41, 5.74) is 8.95. The average molecular weight is 280 g/mol. The van der Waals surface area contributed by atoms with Gasteiger partial charge in [0, 0.05) is 17.8 Å². The van der Waals surface area contributed by atoms with Gasteiger partial charge in [-0.3, -0.25) is 0 Å². The summed E-state index contributed by atoms with van der Waals surface area (Å²) >= 11 is 0. The topological polar surface area (TPSA) is 66.0 Å². The monoisotopic (exact) mass is 280 g/mol. The summed E-state index contributed by atoms with van der Waals surface area (Å²) in [5, 5.41) is 4.54. The van der Waals surface area contributed by atoms with Gasteiger partial charge < -0.3 is 10.5 Å². The van der Waals surface area contributed by atoms with Gasteiger partial charge in [-0.05, 0) is 48.9 Å². The number of hydrogen-bond acceptors (Lipinski definition) is 4. The van der Waals surface area contributed by atoms with Crippen LogP contribution in [0.15, 0.2) is 48.7 Å². The number of pyridine rings is 1. The molecule has 2 N–H and O–H groups in total. The highest BCUT2D eigenvalue weighted by Crippen LogP contribution is 2.24. The van der Waals surface area contributed by atoms with E-state index >= 15 is 0 Å². The zero-order valence-electron chi connectivity index (χ0n) is 11.9. The molecule has 0 saturated carbocycles. The standard InChI is InChI=1S/C16H16N4O/c1-11-7-8-18-16(9-11)20-15(17)10-14(19-20)12-3-5-13(21-2)6-4-12/h3-10H,17H2,1-2H3. The second kappa shape index (κ2) is 5.28. The molecule has 0 radical (unpaired) electrons. The van der Waals surface area contributed by atoms with Gasteiger partial charge in [0.2, 0.25) is 0 Å². The maximum Gasteiger partial charge on any atom is 0.155 e. The van der Waals surface area contributed by atoms with Gasteiger partial charge in [-0.15, -0.1) is 0 Å². The Labute approximate surface area is 123 Å². The Morgan fingerprint density at radius 1 is 1.10 bits per heavy atom. The minimum Gasteiger partial charge on any atom is -0.497 e. The summed E-state index contributed by atoms with van der Waals surface area (Å²) in [5.74, 6) is 2.08. The minimum atomic E-state index is 0.555. The van der Waals surface area contributed by atoms with Gasteiger partial charge in [0.1, 0.15) is 11.6 Å². The van der Waals surface area contributed by atoms with Crippen molar-refractivity contribution in [2.24, 2.45) is 0 Å². The molecule has 0 aliphatic carbocycles. The lowest BCUT2D eigenvalue weighted by molar-refractivity contribution is 0.415. The van der Waals surface area contributed by atoms with Crippen molar-refractivity contribution in [1.82, 2.24) is 14.8 Å². The largest absolute Gasteiger partial charge is 0.497 e. The number of methoxy groups -OCH3 is 1. The van der Waals surface area contributed by atoms with Crippen LogP contribution < -0.4 is 10.5 Å². The van der Waals surface area contributed by atoms with Crippen molar-refractivity contribution in [3.05, 3.63) is 54.2 Å². The van der Waals surface area contributed by atoms with Gasteiger partial charge in [0.15, 0.2) is 5.82 Å². The Bertz CT molecular complexity index is 762. The van der Waals surface area contributed by atoms with Crippen molar-refractivity contribution in [1.29, 1.82) is 0 Å². The van der Waals surface area contributed by atoms with Gasteiger partial charge in [0.05, 0.1) is 12.8 Å². The molecular formula is C16H16N4O. The van der Waals surface area contributed by atoms with Crippen LogP contribution in [-0.4, -0.2) is 21.9 Å². The molecule has 5 heteroatoms. The van der Waals surface area contributed by atoms with E-state index in [1.165, 1.54) is 0 Å². The molecule has 1 aromatic carbocycles. The number of aryl methyl sites for hydroxylation is 1. The van der Waals surface area contributed by atoms with Crippen molar-refractivity contribution in [2.75, 3.05) is 12.8 Å². The number of aromatic nitrogens is 3. The Kier molecular flexibility index (Phi) is 3.31. The van der Waals surface area contributed by atoms with Gasteiger partial charge in [-0.25, -0.2) is 4.98 Å². The van der Waals surface area contributed by atoms with Gasteiger partial charge in [-0.1, -0.05) is 0 Å². The van der Waals surface area contributed by atoms with Crippen molar-refractivity contribution >= 4 is 5.82 Å². The number of nitrogen functional groups attached to an aromatic ring is 1. The first kappa shape index (κ1) is 13.2. The molecule has 0 aliphatic heterocycles. The van der Waals surface area contributed by atoms with Crippen LogP contribution >= 0.6 is 0 Å². The first-order valence-electron chi connectivity index (χ1n) is 6.60. The number of benzene rings is 1. The summed E-state index contributed by atoms with van der Waals surface area (Å²) in [6.45, 7) is 2.01. The quantitative estimate of drug-likeness (QED) is 0.801. The number of rotatable bonds is 3. The third-order valence-electron chi connectivity index (χ3n) is 3.24. The summed E-state index contributed by atoms with van der Waals surface area (Å²) in [7, 11) is 1.64. The maximum atomic E-state index is 6.05. The molecule has 106 valence electrons. The third kappa shape index (κ3) is 2.58. The minimum absolute atomic E-state index is 0.555. The number of ether oxygens (including phenoxy) is 1. The Hall–Kier alpha value is -2.82. The molecule has 0 atom stereocenters. The van der Waals surface area contributed by atoms with Crippen LogP contribution in [0.2, 0.25) is 0 Å². The average Bonchev–Trinajstić information content (AvgIpc) is 2.89. The molecule has 21 heavy (non-hydrogen) atoms. The van der Waals surface area contributed by atoms with Crippen LogP contribution in [0.1, 0.15) is 5.56 Å². The fourth-order valence-electron chi connectivity index (χ4n) is 2.12. The summed E-state index contributed by atoms with van der Waals surface area (Å²) in [6.07, 6.45) is 1.75. The molecule has 3 aromatic rings. The van der Waals surface area contributed by atoms with Crippen LogP contribution in [-0.2, 0) is 0 Å². The van der Waals surface area contributed by atoms with E-state index in [0.717, 1.165) is 22.6 Å². The van der Waals surface area contributed by atoms with Crippen LogP contribution in [0.3, 0.4) is 0 Å². The SMILES string of the molecule is COc1ccc(-c2cc(N)n(-c3cc(C)ccn3)n2)cc1. The lowest BCUT2D eigenvalue weighted by atomic mass is 10.1.